The molecule has 110 valence electrons. The smallest absolute Gasteiger partial charge is 0.0312 e. The van der Waals surface area contributed by atoms with Crippen LogP contribution in [-0.2, 0) is 5.41 Å². The van der Waals surface area contributed by atoms with Crippen molar-refractivity contribution in [3.05, 3.63) is 47.0 Å². The second-order valence-electron chi connectivity index (χ2n) is 5.56. The van der Waals surface area contributed by atoms with Gasteiger partial charge in [-0.2, -0.15) is 0 Å². The lowest BCUT2D eigenvalue weighted by molar-refractivity contribution is 0.440. The molecule has 0 aliphatic carbocycles. The fourth-order valence-electron chi connectivity index (χ4n) is 2.66. The number of hydrogen-bond donors (Lipinski definition) is 2. The summed E-state index contributed by atoms with van der Waals surface area (Å²) in [5, 5.41) is 0. The Balaban J connectivity index is 2.15. The Morgan fingerprint density at radius 1 is 1.20 bits per heavy atom. The van der Waals surface area contributed by atoms with Gasteiger partial charge in [0.05, 0.1) is 0 Å². The van der Waals surface area contributed by atoms with Gasteiger partial charge in [-0.1, -0.05) is 74.4 Å². The van der Waals surface area contributed by atoms with Gasteiger partial charge in [0.25, 0.3) is 0 Å². The lowest BCUT2D eigenvalue weighted by atomic mass is 9.77. The minimum Gasteiger partial charge on any atom is -0.302 e. The lowest BCUT2D eigenvalue weighted by Crippen LogP contribution is -2.30. The zero-order valence-electron chi connectivity index (χ0n) is 12.4. The molecule has 0 saturated carbocycles. The molecule has 0 spiro atoms. The van der Waals surface area contributed by atoms with E-state index in [9.17, 15) is 0 Å². The molecule has 1 unspecified atom stereocenters. The van der Waals surface area contributed by atoms with Gasteiger partial charge < -0.3 is 5.43 Å². The topological polar surface area (TPSA) is 41.3 Å². The number of nitrogens with zero attached hydrogens (tertiary/aromatic N) is 1. The summed E-state index contributed by atoms with van der Waals surface area (Å²) < 4.78 is 1.57. The van der Waals surface area contributed by atoms with Gasteiger partial charge in [-0.15, -0.1) is 0 Å². The number of nitrogens with one attached hydrogen (secondary N) is 1. The first-order valence-electron chi connectivity index (χ1n) is 7.42. The van der Waals surface area contributed by atoms with Crippen molar-refractivity contribution in [2.24, 2.45) is 5.84 Å². The molecule has 3 N–H and O–H groups in total. The third kappa shape index (κ3) is 3.57. The van der Waals surface area contributed by atoms with Crippen molar-refractivity contribution in [2.45, 2.75) is 51.4 Å². The average Bonchev–Trinajstić information content (AvgIpc) is 2.91. The highest BCUT2D eigenvalue weighted by atomic mass is 32.2. The van der Waals surface area contributed by atoms with E-state index >= 15 is 0 Å². The molecule has 0 saturated heterocycles. The van der Waals surface area contributed by atoms with Crippen LogP contribution in [0.15, 0.2) is 41.4 Å². The standard InChI is InChI=1S/C16H25N3S/c1-3-4-5-9-12-16(2,14-10-7-6-8-11-14)15-13-18-19(17)20-15/h6-8,10-11,13,18H,3-5,9,12,17H2,1-2H3. The molecular weight excluding hydrogens is 266 g/mol. The molecule has 0 fully saturated rings. The Morgan fingerprint density at radius 2 is 1.95 bits per heavy atom. The number of unbranched alkanes of at least 4 members (excludes halogenated alkanes) is 3. The Morgan fingerprint density at radius 3 is 2.55 bits per heavy atom. The quantitative estimate of drug-likeness (QED) is 0.451. The molecule has 0 aromatic heterocycles. The van der Waals surface area contributed by atoms with E-state index in [0.717, 1.165) is 6.42 Å². The molecule has 20 heavy (non-hydrogen) atoms. The third-order valence-corrected chi connectivity index (χ3v) is 5.07. The van der Waals surface area contributed by atoms with E-state index in [2.05, 4.69) is 49.6 Å². The van der Waals surface area contributed by atoms with E-state index in [1.807, 2.05) is 6.20 Å². The number of allylic oxidation sites excluding steroid dienone is 1. The second kappa shape index (κ2) is 7.16. The minimum atomic E-state index is 0.0424. The van der Waals surface area contributed by atoms with Crippen LogP contribution in [0.25, 0.3) is 0 Å². The summed E-state index contributed by atoms with van der Waals surface area (Å²) in [7, 11) is 0. The summed E-state index contributed by atoms with van der Waals surface area (Å²) in [4.78, 5) is 1.29. The first kappa shape index (κ1) is 15.4. The molecule has 0 radical (unpaired) electrons. The molecule has 0 amide bonds. The van der Waals surface area contributed by atoms with Crippen molar-refractivity contribution in [3.8, 4) is 0 Å². The third-order valence-electron chi connectivity index (χ3n) is 4.00. The molecule has 1 aromatic carbocycles. The lowest BCUT2D eigenvalue weighted by Gasteiger charge is -2.31. The zero-order chi connectivity index (χ0) is 14.4. The van der Waals surface area contributed by atoms with Crippen molar-refractivity contribution in [2.75, 3.05) is 0 Å². The summed E-state index contributed by atoms with van der Waals surface area (Å²) in [6.07, 6.45) is 8.34. The summed E-state index contributed by atoms with van der Waals surface area (Å²) in [6.45, 7) is 4.58. The fourth-order valence-corrected chi connectivity index (χ4v) is 3.51. The van der Waals surface area contributed by atoms with Crippen LogP contribution in [0.2, 0.25) is 0 Å². The molecule has 1 aromatic rings. The normalized spacial score (nSPS) is 18.4. The van der Waals surface area contributed by atoms with Crippen molar-refractivity contribution < 1.29 is 0 Å². The van der Waals surface area contributed by atoms with Crippen LogP contribution in [0.4, 0.5) is 0 Å². The van der Waals surface area contributed by atoms with Crippen LogP contribution in [0.1, 0.15) is 51.5 Å². The van der Waals surface area contributed by atoms with Crippen molar-refractivity contribution in [1.29, 1.82) is 0 Å². The van der Waals surface area contributed by atoms with Crippen LogP contribution in [0.5, 0.6) is 0 Å². The van der Waals surface area contributed by atoms with Gasteiger partial charge in [0.2, 0.25) is 0 Å². The fraction of sp³-hybridized carbons (Fsp3) is 0.500. The molecular formula is C16H25N3S. The van der Waals surface area contributed by atoms with E-state index in [4.69, 9.17) is 5.84 Å². The summed E-state index contributed by atoms with van der Waals surface area (Å²) in [5.41, 5.74) is 4.47. The maximum Gasteiger partial charge on any atom is 0.0312 e. The summed E-state index contributed by atoms with van der Waals surface area (Å²) in [5.74, 6) is 5.81. The maximum absolute atomic E-state index is 5.81. The maximum atomic E-state index is 5.81. The van der Waals surface area contributed by atoms with Gasteiger partial charge >= 0.3 is 0 Å². The zero-order valence-corrected chi connectivity index (χ0v) is 13.2. The van der Waals surface area contributed by atoms with E-state index < -0.39 is 0 Å². The number of rotatable bonds is 7. The van der Waals surface area contributed by atoms with Crippen LogP contribution in [0.3, 0.4) is 0 Å². The highest BCUT2D eigenvalue weighted by Gasteiger charge is 2.34. The van der Waals surface area contributed by atoms with Crippen LogP contribution < -0.4 is 11.3 Å². The molecule has 1 heterocycles. The van der Waals surface area contributed by atoms with Crippen molar-refractivity contribution in [1.82, 2.24) is 9.95 Å². The number of hydrogen-bond acceptors (Lipinski definition) is 4. The Labute approximate surface area is 126 Å². The SMILES string of the molecule is CCCCCCC(C)(C1=CNN(N)S1)c1ccccc1. The van der Waals surface area contributed by atoms with Crippen LogP contribution >= 0.6 is 11.9 Å². The molecule has 2 rings (SSSR count). The highest BCUT2D eigenvalue weighted by molar-refractivity contribution is 8.01. The van der Waals surface area contributed by atoms with Crippen molar-refractivity contribution >= 4 is 11.9 Å². The molecule has 1 aliphatic rings. The molecule has 3 nitrogen and oxygen atoms in total. The minimum absolute atomic E-state index is 0.0424. The summed E-state index contributed by atoms with van der Waals surface area (Å²) in [6, 6.07) is 10.8. The van der Waals surface area contributed by atoms with Crippen molar-refractivity contribution in [3.63, 3.8) is 0 Å². The van der Waals surface area contributed by atoms with Gasteiger partial charge in [0.1, 0.15) is 0 Å². The number of nitrogens with two attached hydrogens (primary N) is 1. The van der Waals surface area contributed by atoms with E-state index in [-0.39, 0.29) is 5.41 Å². The molecule has 0 bridgehead atoms. The van der Waals surface area contributed by atoms with Gasteiger partial charge in [-0.25, -0.2) is 5.84 Å². The predicted molar refractivity (Wildman–Crippen MR) is 87.4 cm³/mol. The summed E-state index contributed by atoms with van der Waals surface area (Å²) >= 11 is 1.59. The number of benzene rings is 1. The number of hydrazine groups is 2. The van der Waals surface area contributed by atoms with Gasteiger partial charge in [-0.05, 0) is 23.9 Å². The Kier molecular flexibility index (Phi) is 5.52. The van der Waals surface area contributed by atoms with Gasteiger partial charge in [0.15, 0.2) is 0 Å². The monoisotopic (exact) mass is 291 g/mol. The largest absolute Gasteiger partial charge is 0.302 e. The average molecular weight is 291 g/mol. The Hall–Kier alpha value is -0.970. The van der Waals surface area contributed by atoms with Gasteiger partial charge in [-0.3, -0.25) is 0 Å². The predicted octanol–water partition coefficient (Wildman–Crippen LogP) is 4.10. The first-order chi connectivity index (χ1) is 9.66. The second-order valence-corrected chi connectivity index (χ2v) is 6.58. The molecule has 4 heteroatoms. The molecule has 1 aliphatic heterocycles. The van der Waals surface area contributed by atoms with Gasteiger partial charge in [0, 0.05) is 16.5 Å². The highest BCUT2D eigenvalue weighted by Crippen LogP contribution is 2.44. The van der Waals surface area contributed by atoms with Crippen LogP contribution in [0, 0.1) is 0 Å². The first-order valence-corrected chi connectivity index (χ1v) is 8.19. The van der Waals surface area contributed by atoms with E-state index in [1.54, 1.807) is 16.5 Å². The Bertz CT molecular complexity index is 446. The van der Waals surface area contributed by atoms with Crippen LogP contribution in [-0.4, -0.2) is 4.52 Å². The van der Waals surface area contributed by atoms with E-state index in [0.29, 0.717) is 0 Å². The van der Waals surface area contributed by atoms with E-state index in [1.165, 1.54) is 36.2 Å². The molecule has 1 atom stereocenters.